The molecule has 4 nitrogen and oxygen atoms in total. The smallest absolute Gasteiger partial charge is 0.110 e. The highest BCUT2D eigenvalue weighted by atomic mass is 32.2. The molecule has 176 valence electrons. The van der Waals surface area contributed by atoms with Crippen molar-refractivity contribution >= 4 is 29.4 Å². The number of thioether (sulfide) groups is 1. The molecular weight excluding hydrogens is 422 g/mol. The number of aliphatic hydroxyl groups is 1. The highest BCUT2D eigenvalue weighted by Crippen LogP contribution is 2.41. The van der Waals surface area contributed by atoms with E-state index >= 15 is 0 Å². The molecule has 2 atom stereocenters. The van der Waals surface area contributed by atoms with Crippen molar-refractivity contribution in [1.82, 2.24) is 5.32 Å². The zero-order valence-electron chi connectivity index (χ0n) is 19.7. The van der Waals surface area contributed by atoms with Crippen LogP contribution >= 0.6 is 23.7 Å². The van der Waals surface area contributed by atoms with E-state index in [4.69, 9.17) is 5.73 Å². The molecular formula is C25H43N3OS2. The third-order valence-electron chi connectivity index (χ3n) is 6.00. The molecule has 1 aromatic rings. The molecule has 31 heavy (non-hydrogen) atoms. The van der Waals surface area contributed by atoms with Crippen molar-refractivity contribution in [1.29, 1.82) is 0 Å². The van der Waals surface area contributed by atoms with Crippen LogP contribution in [0.2, 0.25) is 0 Å². The largest absolute Gasteiger partial charge is 0.381 e. The Kier molecular flexibility index (Phi) is 12.4. The van der Waals surface area contributed by atoms with E-state index < -0.39 is 5.60 Å². The summed E-state index contributed by atoms with van der Waals surface area (Å²) in [5, 5.41) is 15.6. The summed E-state index contributed by atoms with van der Waals surface area (Å²) in [7, 11) is 2.07. The van der Waals surface area contributed by atoms with Gasteiger partial charge in [-0.15, -0.1) is 0 Å². The van der Waals surface area contributed by atoms with Gasteiger partial charge in [0.2, 0.25) is 0 Å². The number of nitrogens with two attached hydrogens (primary N) is 1. The summed E-state index contributed by atoms with van der Waals surface area (Å²) >= 11 is 3.72. The molecule has 2 rings (SSSR count). The normalized spacial score (nSPS) is 20.9. The first kappa shape index (κ1) is 26.6. The van der Waals surface area contributed by atoms with Crippen LogP contribution in [-0.2, 0) is 12.1 Å². The second kappa shape index (κ2) is 14.5. The summed E-state index contributed by atoms with van der Waals surface area (Å²) in [4.78, 5) is 0. The summed E-state index contributed by atoms with van der Waals surface area (Å²) in [6, 6.07) is 6.49. The average Bonchev–Trinajstić information content (AvgIpc) is 2.79. The predicted octanol–water partition coefficient (Wildman–Crippen LogP) is 5.45. The van der Waals surface area contributed by atoms with Crippen LogP contribution in [0.3, 0.4) is 0 Å². The van der Waals surface area contributed by atoms with Gasteiger partial charge in [0, 0.05) is 30.7 Å². The summed E-state index contributed by atoms with van der Waals surface area (Å²) in [5.74, 6) is 1.22. The van der Waals surface area contributed by atoms with E-state index in [2.05, 4.69) is 72.0 Å². The number of hydrogen-bond donors (Lipinski definition) is 3. The Morgan fingerprint density at radius 1 is 1.23 bits per heavy atom. The molecule has 6 heteroatoms. The van der Waals surface area contributed by atoms with E-state index in [9.17, 15) is 5.11 Å². The molecule has 4 N–H and O–H groups in total. The third kappa shape index (κ3) is 8.65. The van der Waals surface area contributed by atoms with Crippen LogP contribution < -0.4 is 15.4 Å². The quantitative estimate of drug-likeness (QED) is 0.182. The molecule has 0 aliphatic heterocycles. The lowest BCUT2D eigenvalue weighted by molar-refractivity contribution is 0.0737. The highest BCUT2D eigenvalue weighted by Gasteiger charge is 2.33. The van der Waals surface area contributed by atoms with E-state index in [0.29, 0.717) is 11.8 Å². The van der Waals surface area contributed by atoms with Gasteiger partial charge in [0.25, 0.3) is 0 Å². The fraction of sp³-hybridized carbons (Fsp3) is 0.680. The molecule has 0 fully saturated rings. The Labute approximate surface area is 198 Å². The maximum Gasteiger partial charge on any atom is 0.110 e. The van der Waals surface area contributed by atoms with Crippen LogP contribution in [0.15, 0.2) is 30.4 Å². The monoisotopic (exact) mass is 465 g/mol. The van der Waals surface area contributed by atoms with E-state index in [1.807, 2.05) is 0 Å². The number of unbranched alkanes of at least 4 members (excludes halogenated alkanes) is 4. The number of nitrogens with one attached hydrogen (secondary N) is 1. The molecule has 0 amide bonds. The van der Waals surface area contributed by atoms with Crippen LogP contribution in [0.5, 0.6) is 0 Å². The molecule has 1 aromatic carbocycles. The molecule has 0 saturated carbocycles. The Balaban J connectivity index is 2.04. The summed E-state index contributed by atoms with van der Waals surface area (Å²) < 4.78 is 2.14. The lowest BCUT2D eigenvalue weighted by Gasteiger charge is -2.34. The Morgan fingerprint density at radius 3 is 2.71 bits per heavy atom. The van der Waals surface area contributed by atoms with Gasteiger partial charge in [-0.05, 0) is 62.2 Å². The molecule has 1 aliphatic rings. The van der Waals surface area contributed by atoms with Gasteiger partial charge >= 0.3 is 0 Å². The predicted molar refractivity (Wildman–Crippen MR) is 141 cm³/mol. The topological polar surface area (TPSA) is 61.5 Å². The van der Waals surface area contributed by atoms with Gasteiger partial charge < -0.3 is 20.5 Å². The lowest BCUT2D eigenvalue weighted by atomic mass is 9.83. The average molecular weight is 466 g/mol. The first-order chi connectivity index (χ1) is 15.0. The molecule has 0 bridgehead atoms. The first-order valence-electron chi connectivity index (χ1n) is 11.9. The fourth-order valence-electron chi connectivity index (χ4n) is 3.98. The van der Waals surface area contributed by atoms with Crippen LogP contribution in [0.4, 0.5) is 5.69 Å². The highest BCUT2D eigenvalue weighted by molar-refractivity contribution is 8.00. The molecule has 0 spiro atoms. The minimum Gasteiger partial charge on any atom is -0.381 e. The van der Waals surface area contributed by atoms with Crippen molar-refractivity contribution in [3.8, 4) is 0 Å². The van der Waals surface area contributed by atoms with Crippen molar-refractivity contribution in [2.75, 3.05) is 36.5 Å². The van der Waals surface area contributed by atoms with Crippen LogP contribution in [0, 0.1) is 0 Å². The number of hydrogen-bond acceptors (Lipinski definition) is 6. The first-order valence-corrected chi connectivity index (χ1v) is 14.1. The number of benzene rings is 1. The van der Waals surface area contributed by atoms with Gasteiger partial charge in [-0.3, -0.25) is 0 Å². The SMILES string of the molecule is CCCCCCCSC1C=C[C@](O)(c2cc(CNCCCN)ccc2N(C)SC)CC1. The molecule has 0 radical (unpaired) electrons. The van der Waals surface area contributed by atoms with Gasteiger partial charge in [0.15, 0.2) is 0 Å². The van der Waals surface area contributed by atoms with Crippen molar-refractivity contribution in [3.05, 3.63) is 41.5 Å². The molecule has 1 unspecified atom stereocenters. The Bertz CT molecular complexity index is 670. The van der Waals surface area contributed by atoms with Gasteiger partial charge in [0.05, 0.1) is 5.69 Å². The third-order valence-corrected chi connectivity index (χ3v) is 8.09. The van der Waals surface area contributed by atoms with Crippen molar-refractivity contribution < 1.29 is 5.11 Å². The summed E-state index contributed by atoms with van der Waals surface area (Å²) in [6.07, 6.45) is 15.8. The minimum absolute atomic E-state index is 0.522. The standard InChI is InChI=1S/C25H43N3OS2/c1-4-5-6-7-8-18-31-22-12-14-25(29,15-13-22)23-19-21(20-27-17-9-16-26)10-11-24(23)28(2)30-3/h10-12,14,19,22,27,29H,4-9,13,15-18,20,26H2,1-3H3/t22?,25-/m1/s1. The number of anilines is 1. The Morgan fingerprint density at radius 2 is 2.03 bits per heavy atom. The van der Waals surface area contributed by atoms with Crippen molar-refractivity contribution in [2.24, 2.45) is 5.73 Å². The maximum absolute atomic E-state index is 11.6. The maximum atomic E-state index is 11.6. The van der Waals surface area contributed by atoms with Crippen molar-refractivity contribution in [2.45, 2.75) is 75.7 Å². The van der Waals surface area contributed by atoms with Gasteiger partial charge in [-0.25, -0.2) is 0 Å². The van der Waals surface area contributed by atoms with E-state index in [-0.39, 0.29) is 0 Å². The second-order valence-corrected chi connectivity index (χ2v) is 10.8. The van der Waals surface area contributed by atoms with Crippen LogP contribution in [0.25, 0.3) is 0 Å². The van der Waals surface area contributed by atoms with Crippen LogP contribution in [0.1, 0.15) is 69.4 Å². The Hall–Kier alpha value is -0.660. The number of nitrogens with zero attached hydrogens (tertiary/aromatic N) is 1. The minimum atomic E-state index is -0.898. The zero-order chi connectivity index (χ0) is 22.5. The molecule has 0 aromatic heterocycles. The van der Waals surface area contributed by atoms with E-state index in [1.54, 1.807) is 11.9 Å². The summed E-state index contributed by atoms with van der Waals surface area (Å²) in [5.41, 5.74) is 8.01. The van der Waals surface area contributed by atoms with Crippen LogP contribution in [-0.4, -0.2) is 42.5 Å². The molecule has 1 aliphatic carbocycles. The summed E-state index contributed by atoms with van der Waals surface area (Å²) in [6.45, 7) is 4.68. The van der Waals surface area contributed by atoms with Gasteiger partial charge in [-0.1, -0.05) is 62.8 Å². The fourth-order valence-corrected chi connectivity index (χ4v) is 5.49. The second-order valence-electron chi connectivity index (χ2n) is 8.50. The molecule has 0 heterocycles. The molecule has 0 saturated heterocycles. The zero-order valence-corrected chi connectivity index (χ0v) is 21.4. The number of rotatable bonds is 15. The van der Waals surface area contributed by atoms with Gasteiger partial charge in [-0.2, -0.15) is 11.8 Å². The van der Waals surface area contributed by atoms with E-state index in [0.717, 1.165) is 43.6 Å². The van der Waals surface area contributed by atoms with E-state index in [1.165, 1.54) is 43.4 Å². The van der Waals surface area contributed by atoms with Crippen molar-refractivity contribution in [3.63, 3.8) is 0 Å². The van der Waals surface area contributed by atoms with Gasteiger partial charge in [0.1, 0.15) is 5.60 Å². The lowest BCUT2D eigenvalue weighted by Crippen LogP contribution is -2.30.